The third-order valence-electron chi connectivity index (χ3n) is 2.33. The van der Waals surface area contributed by atoms with Crippen LogP contribution in [-0.4, -0.2) is 0 Å². The summed E-state index contributed by atoms with van der Waals surface area (Å²) in [6.07, 6.45) is 4.73. The molecule has 0 unspecified atom stereocenters. The lowest BCUT2D eigenvalue weighted by atomic mass is 10.2. The molecule has 2 nitrogen and oxygen atoms in total. The number of allylic oxidation sites excluding steroid dienone is 1. The molecule has 2 rings (SSSR count). The van der Waals surface area contributed by atoms with Crippen LogP contribution in [0.25, 0.3) is 23.1 Å². The van der Waals surface area contributed by atoms with Crippen LogP contribution in [0.4, 0.5) is 0 Å². The van der Waals surface area contributed by atoms with Gasteiger partial charge in [0, 0.05) is 0 Å². The SMILES string of the molecule is [CH2]/C=c1/oc2ccccc2c(=O)/c1=C/C=C. The molecule has 0 saturated carbocycles. The van der Waals surface area contributed by atoms with E-state index in [1.807, 2.05) is 12.1 Å². The van der Waals surface area contributed by atoms with Crippen molar-refractivity contribution in [3.8, 4) is 0 Å². The van der Waals surface area contributed by atoms with Gasteiger partial charge in [-0.25, -0.2) is 0 Å². The summed E-state index contributed by atoms with van der Waals surface area (Å²) in [5.41, 5.74) is 0.990. The number of hydrogen-bond donors (Lipinski definition) is 0. The highest BCUT2D eigenvalue weighted by molar-refractivity contribution is 5.76. The Hall–Kier alpha value is -2.09. The standard InChI is InChI=1S/C14H11O2/c1-3-7-10-12(4-2)16-13-9-6-5-8-11(13)14(10)15/h3-9H,1-2H2/b10-7+,12-4+. The summed E-state index contributed by atoms with van der Waals surface area (Å²) in [5, 5.41) is 1.06. The zero-order valence-corrected chi connectivity index (χ0v) is 8.77. The van der Waals surface area contributed by atoms with Crippen LogP contribution in [0.5, 0.6) is 0 Å². The predicted octanol–water partition coefficient (Wildman–Crippen LogP) is 1.37. The average Bonchev–Trinajstić information content (AvgIpc) is 2.33. The Morgan fingerprint density at radius 1 is 1.25 bits per heavy atom. The van der Waals surface area contributed by atoms with Crippen molar-refractivity contribution in [3.63, 3.8) is 0 Å². The van der Waals surface area contributed by atoms with E-state index in [2.05, 4.69) is 13.5 Å². The van der Waals surface area contributed by atoms with Gasteiger partial charge in [0.1, 0.15) is 11.0 Å². The summed E-state index contributed by atoms with van der Waals surface area (Å²) in [5.74, 6) is 0. The Bertz CT molecular complexity index is 706. The molecule has 0 atom stereocenters. The Labute approximate surface area is 92.8 Å². The van der Waals surface area contributed by atoms with Crippen molar-refractivity contribution in [1.82, 2.24) is 0 Å². The molecule has 0 N–H and O–H groups in total. The third kappa shape index (κ3) is 1.58. The molecule has 2 heteroatoms. The van der Waals surface area contributed by atoms with E-state index in [4.69, 9.17) is 4.42 Å². The molecule has 0 spiro atoms. The summed E-state index contributed by atoms with van der Waals surface area (Å²) in [7, 11) is 0. The molecule has 2 aromatic rings. The molecule has 16 heavy (non-hydrogen) atoms. The second-order valence-corrected chi connectivity index (χ2v) is 3.31. The Morgan fingerprint density at radius 3 is 2.69 bits per heavy atom. The lowest BCUT2D eigenvalue weighted by molar-refractivity contribution is 0.559. The van der Waals surface area contributed by atoms with E-state index >= 15 is 0 Å². The van der Waals surface area contributed by atoms with Gasteiger partial charge < -0.3 is 4.42 Å². The zero-order valence-electron chi connectivity index (χ0n) is 8.77. The van der Waals surface area contributed by atoms with E-state index in [1.165, 1.54) is 6.08 Å². The van der Waals surface area contributed by atoms with Crippen LogP contribution in [0.3, 0.4) is 0 Å². The highest BCUT2D eigenvalue weighted by Gasteiger charge is 2.01. The second kappa shape index (κ2) is 4.19. The molecule has 0 fully saturated rings. The molecule has 0 aliphatic heterocycles. The Kier molecular flexibility index (Phi) is 2.73. The topological polar surface area (TPSA) is 30.2 Å². The van der Waals surface area contributed by atoms with Crippen LogP contribution in [0.2, 0.25) is 0 Å². The largest absolute Gasteiger partial charge is 0.456 e. The summed E-state index contributed by atoms with van der Waals surface area (Å²) >= 11 is 0. The predicted molar refractivity (Wildman–Crippen MR) is 66.2 cm³/mol. The molecule has 1 aromatic carbocycles. The first-order chi connectivity index (χ1) is 7.77. The van der Waals surface area contributed by atoms with Crippen LogP contribution in [-0.2, 0) is 0 Å². The van der Waals surface area contributed by atoms with Gasteiger partial charge in [0.05, 0.1) is 10.6 Å². The summed E-state index contributed by atoms with van der Waals surface area (Å²) in [4.78, 5) is 12.1. The van der Waals surface area contributed by atoms with Gasteiger partial charge in [-0.1, -0.05) is 24.8 Å². The minimum Gasteiger partial charge on any atom is -0.456 e. The van der Waals surface area contributed by atoms with E-state index in [0.717, 1.165) is 0 Å². The normalized spacial score (nSPS) is 13.3. The minimum absolute atomic E-state index is 0.0587. The molecule has 1 radical (unpaired) electrons. The van der Waals surface area contributed by atoms with E-state index < -0.39 is 0 Å². The first-order valence-corrected chi connectivity index (χ1v) is 4.92. The van der Waals surface area contributed by atoms with Gasteiger partial charge in [0.25, 0.3) is 0 Å². The lowest BCUT2D eigenvalue weighted by Gasteiger charge is -1.96. The average molecular weight is 211 g/mol. The first-order valence-electron chi connectivity index (χ1n) is 4.92. The number of fused-ring (bicyclic) bond motifs is 1. The smallest absolute Gasteiger partial charge is 0.200 e. The Balaban J connectivity index is 3.13. The fraction of sp³-hybridized carbons (Fsp3) is 0. The summed E-state index contributed by atoms with van der Waals surface area (Å²) in [6, 6.07) is 7.15. The van der Waals surface area contributed by atoms with Crippen molar-refractivity contribution < 1.29 is 4.42 Å². The van der Waals surface area contributed by atoms with Crippen molar-refractivity contribution in [2.24, 2.45) is 0 Å². The van der Waals surface area contributed by atoms with Crippen LogP contribution in [0.15, 0.2) is 46.1 Å². The van der Waals surface area contributed by atoms with Gasteiger partial charge in [0.2, 0.25) is 5.43 Å². The zero-order chi connectivity index (χ0) is 11.5. The van der Waals surface area contributed by atoms with Crippen molar-refractivity contribution in [2.45, 2.75) is 0 Å². The summed E-state index contributed by atoms with van der Waals surface area (Å²) < 4.78 is 5.58. The van der Waals surface area contributed by atoms with Gasteiger partial charge in [-0.3, -0.25) is 4.79 Å². The van der Waals surface area contributed by atoms with Crippen LogP contribution >= 0.6 is 0 Å². The summed E-state index contributed by atoms with van der Waals surface area (Å²) in [6.45, 7) is 7.22. The molecule has 0 bridgehead atoms. The molecule has 1 aromatic heterocycles. The highest BCUT2D eigenvalue weighted by atomic mass is 16.3. The molecular weight excluding hydrogens is 200 g/mol. The maximum Gasteiger partial charge on any atom is 0.200 e. The molecule has 0 saturated heterocycles. The fourth-order valence-electron chi connectivity index (χ4n) is 1.60. The number of benzene rings is 1. The quantitative estimate of drug-likeness (QED) is 0.713. The molecule has 0 aliphatic carbocycles. The fourth-order valence-corrected chi connectivity index (χ4v) is 1.60. The van der Waals surface area contributed by atoms with Crippen molar-refractivity contribution >= 4 is 23.1 Å². The van der Waals surface area contributed by atoms with Crippen LogP contribution < -0.4 is 16.1 Å². The molecule has 0 aliphatic rings. The van der Waals surface area contributed by atoms with E-state index in [1.54, 1.807) is 24.3 Å². The monoisotopic (exact) mass is 211 g/mol. The second-order valence-electron chi connectivity index (χ2n) is 3.31. The van der Waals surface area contributed by atoms with Crippen molar-refractivity contribution in [1.29, 1.82) is 0 Å². The minimum atomic E-state index is -0.0587. The van der Waals surface area contributed by atoms with Gasteiger partial charge in [-0.05, 0) is 31.2 Å². The molecule has 1 heterocycles. The molecule has 0 amide bonds. The van der Waals surface area contributed by atoms with E-state index in [0.29, 0.717) is 21.6 Å². The maximum absolute atomic E-state index is 12.1. The van der Waals surface area contributed by atoms with Crippen LogP contribution in [0.1, 0.15) is 0 Å². The third-order valence-corrected chi connectivity index (χ3v) is 2.33. The van der Waals surface area contributed by atoms with E-state index in [-0.39, 0.29) is 5.43 Å². The van der Waals surface area contributed by atoms with Crippen molar-refractivity contribution in [2.75, 3.05) is 0 Å². The number of hydrogen-bond acceptors (Lipinski definition) is 2. The van der Waals surface area contributed by atoms with Gasteiger partial charge in [0.15, 0.2) is 0 Å². The molecule has 79 valence electrons. The Morgan fingerprint density at radius 2 is 2.00 bits per heavy atom. The lowest BCUT2D eigenvalue weighted by Crippen LogP contribution is -2.38. The van der Waals surface area contributed by atoms with Gasteiger partial charge >= 0.3 is 0 Å². The van der Waals surface area contributed by atoms with Gasteiger partial charge in [-0.15, -0.1) is 0 Å². The first kappa shape index (κ1) is 10.4. The number of rotatable bonds is 1. The maximum atomic E-state index is 12.1. The van der Waals surface area contributed by atoms with E-state index in [9.17, 15) is 4.79 Å². The number of para-hydroxylation sites is 1. The van der Waals surface area contributed by atoms with Crippen molar-refractivity contribution in [3.05, 3.63) is 64.7 Å². The van der Waals surface area contributed by atoms with Gasteiger partial charge in [-0.2, -0.15) is 0 Å². The van der Waals surface area contributed by atoms with Crippen LogP contribution in [0, 0.1) is 6.92 Å². The molecular formula is C14H11O2. The highest BCUT2D eigenvalue weighted by Crippen LogP contribution is 2.04.